The summed E-state index contributed by atoms with van der Waals surface area (Å²) < 4.78 is 37.2. The van der Waals surface area contributed by atoms with Crippen LogP contribution in [0.4, 0.5) is 0 Å². The second kappa shape index (κ2) is 8.41. The summed E-state index contributed by atoms with van der Waals surface area (Å²) in [6, 6.07) is 2.84. The average molecular weight is 304 g/mol. The molecule has 0 bridgehead atoms. The van der Waals surface area contributed by atoms with Crippen LogP contribution in [0, 0.1) is 0 Å². The summed E-state index contributed by atoms with van der Waals surface area (Å²) in [5.74, 6) is 0.608. The minimum Gasteiger partial charge on any atom is -0.447 e. The molecule has 1 unspecified atom stereocenters. The van der Waals surface area contributed by atoms with Gasteiger partial charge in [-0.25, -0.2) is 13.1 Å². The monoisotopic (exact) mass is 304 g/mol. The molecule has 2 N–H and O–H groups in total. The van der Waals surface area contributed by atoms with Gasteiger partial charge in [-0.2, -0.15) is 0 Å². The highest BCUT2D eigenvalue weighted by Gasteiger charge is 2.21. The first-order chi connectivity index (χ1) is 9.49. The number of ether oxygens (including phenoxy) is 1. The van der Waals surface area contributed by atoms with Crippen molar-refractivity contribution in [3.63, 3.8) is 0 Å². The molecule has 0 saturated heterocycles. The number of hydrogen-bond donors (Lipinski definition) is 2. The van der Waals surface area contributed by atoms with Crippen LogP contribution in [0.5, 0.6) is 0 Å². The second-order valence-electron chi connectivity index (χ2n) is 4.58. The zero-order valence-corrected chi connectivity index (χ0v) is 13.1. The van der Waals surface area contributed by atoms with Gasteiger partial charge in [-0.1, -0.05) is 6.92 Å². The Hall–Kier alpha value is -0.890. The molecule has 6 nitrogen and oxygen atoms in total. The Kier molecular flexibility index (Phi) is 7.22. The molecular weight excluding hydrogens is 280 g/mol. The molecule has 1 rings (SSSR count). The maximum absolute atomic E-state index is 12.1. The number of nitrogens with one attached hydrogen (secondary N) is 2. The predicted octanol–water partition coefficient (Wildman–Crippen LogP) is 1.48. The highest BCUT2D eigenvalue weighted by molar-refractivity contribution is 7.89. The topological polar surface area (TPSA) is 80.6 Å². The van der Waals surface area contributed by atoms with Crippen LogP contribution < -0.4 is 10.0 Å². The van der Waals surface area contributed by atoms with E-state index in [9.17, 15) is 8.42 Å². The lowest BCUT2D eigenvalue weighted by atomic mass is 10.4. The summed E-state index contributed by atoms with van der Waals surface area (Å²) in [7, 11) is -3.62. The molecule has 0 aliphatic heterocycles. The van der Waals surface area contributed by atoms with Crippen molar-refractivity contribution in [2.75, 3.05) is 19.8 Å². The molecule has 0 spiro atoms. The Morgan fingerprint density at radius 2 is 2.10 bits per heavy atom. The first kappa shape index (κ1) is 17.2. The van der Waals surface area contributed by atoms with Gasteiger partial charge in [-0.05, 0) is 38.9 Å². The van der Waals surface area contributed by atoms with Crippen molar-refractivity contribution in [2.45, 2.75) is 44.9 Å². The van der Waals surface area contributed by atoms with Crippen LogP contribution in [0.3, 0.4) is 0 Å². The van der Waals surface area contributed by atoms with Crippen LogP contribution in [0.25, 0.3) is 0 Å². The third-order valence-corrected chi connectivity index (χ3v) is 4.02. The van der Waals surface area contributed by atoms with Gasteiger partial charge in [0.2, 0.25) is 5.09 Å². The van der Waals surface area contributed by atoms with Crippen LogP contribution in [-0.2, 0) is 21.3 Å². The maximum atomic E-state index is 12.1. The Bertz CT molecular complexity index is 484. The average Bonchev–Trinajstić information content (AvgIpc) is 2.86. The molecule has 1 atom stereocenters. The fourth-order valence-corrected chi connectivity index (χ4v) is 2.82. The molecular formula is C13H24N2O4S. The molecule has 1 aromatic rings. The Labute approximate surface area is 120 Å². The number of hydrogen-bond acceptors (Lipinski definition) is 5. The van der Waals surface area contributed by atoms with E-state index in [-0.39, 0.29) is 11.1 Å². The highest BCUT2D eigenvalue weighted by atomic mass is 32.2. The molecule has 116 valence electrons. The Morgan fingerprint density at radius 3 is 2.75 bits per heavy atom. The number of furan rings is 1. The standard InChI is InChI=1S/C13H24N2O4S/c1-4-8-14-9-12-6-7-13(19-12)20(16,17)15-11(3)10-18-5-2/h6-7,11,14-15H,4-5,8-10H2,1-3H3. The molecule has 0 amide bonds. The molecule has 7 heteroatoms. The van der Waals surface area contributed by atoms with E-state index < -0.39 is 10.0 Å². The number of rotatable bonds is 10. The minimum absolute atomic E-state index is 0.0610. The SMILES string of the molecule is CCCNCc1ccc(S(=O)(=O)NC(C)COCC)o1. The largest absolute Gasteiger partial charge is 0.447 e. The molecule has 1 aromatic heterocycles. The first-order valence-corrected chi connectivity index (χ1v) is 8.37. The molecule has 0 radical (unpaired) electrons. The summed E-state index contributed by atoms with van der Waals surface area (Å²) in [6.07, 6.45) is 1.02. The van der Waals surface area contributed by atoms with Gasteiger partial charge in [0.25, 0.3) is 10.0 Å². The smallest absolute Gasteiger partial charge is 0.274 e. The van der Waals surface area contributed by atoms with Crippen molar-refractivity contribution >= 4 is 10.0 Å². The Balaban J connectivity index is 2.59. The van der Waals surface area contributed by atoms with Crippen molar-refractivity contribution in [1.82, 2.24) is 10.0 Å². The normalized spacial score (nSPS) is 13.6. The van der Waals surface area contributed by atoms with E-state index >= 15 is 0 Å². The van der Waals surface area contributed by atoms with Gasteiger partial charge < -0.3 is 14.5 Å². The van der Waals surface area contributed by atoms with Crippen LogP contribution in [0.2, 0.25) is 0 Å². The van der Waals surface area contributed by atoms with E-state index in [4.69, 9.17) is 9.15 Å². The minimum atomic E-state index is -3.62. The highest BCUT2D eigenvalue weighted by Crippen LogP contribution is 2.14. The maximum Gasteiger partial charge on any atom is 0.274 e. The van der Waals surface area contributed by atoms with Gasteiger partial charge in [0.1, 0.15) is 5.76 Å². The molecule has 0 aliphatic rings. The zero-order valence-electron chi connectivity index (χ0n) is 12.3. The predicted molar refractivity (Wildman–Crippen MR) is 77.0 cm³/mol. The van der Waals surface area contributed by atoms with Crippen LogP contribution in [-0.4, -0.2) is 34.2 Å². The fraction of sp³-hybridized carbons (Fsp3) is 0.692. The molecule has 0 fully saturated rings. The molecule has 1 heterocycles. The van der Waals surface area contributed by atoms with Gasteiger partial charge in [0.05, 0.1) is 13.2 Å². The zero-order chi connectivity index (χ0) is 15.0. The molecule has 0 saturated carbocycles. The van der Waals surface area contributed by atoms with Gasteiger partial charge in [0, 0.05) is 12.6 Å². The van der Waals surface area contributed by atoms with Crippen LogP contribution >= 0.6 is 0 Å². The van der Waals surface area contributed by atoms with Crippen molar-refractivity contribution in [1.29, 1.82) is 0 Å². The van der Waals surface area contributed by atoms with Crippen LogP contribution in [0.1, 0.15) is 33.0 Å². The van der Waals surface area contributed by atoms with Crippen molar-refractivity contribution in [2.24, 2.45) is 0 Å². The summed E-state index contributed by atoms with van der Waals surface area (Å²) in [6.45, 7) is 7.96. The third-order valence-electron chi connectivity index (χ3n) is 2.56. The van der Waals surface area contributed by atoms with Gasteiger partial charge >= 0.3 is 0 Å². The van der Waals surface area contributed by atoms with Crippen molar-refractivity contribution in [3.8, 4) is 0 Å². The lowest BCUT2D eigenvalue weighted by Gasteiger charge is -2.12. The van der Waals surface area contributed by atoms with Crippen LogP contribution in [0.15, 0.2) is 21.6 Å². The second-order valence-corrected chi connectivity index (χ2v) is 6.22. The van der Waals surface area contributed by atoms with E-state index in [1.54, 1.807) is 13.0 Å². The summed E-state index contributed by atoms with van der Waals surface area (Å²) in [4.78, 5) is 0. The summed E-state index contributed by atoms with van der Waals surface area (Å²) in [5, 5.41) is 3.09. The lowest BCUT2D eigenvalue weighted by Crippen LogP contribution is -2.35. The third kappa shape index (κ3) is 5.62. The van der Waals surface area contributed by atoms with E-state index in [1.165, 1.54) is 6.07 Å². The van der Waals surface area contributed by atoms with E-state index in [2.05, 4.69) is 17.0 Å². The molecule has 0 aliphatic carbocycles. The molecule has 0 aromatic carbocycles. The summed E-state index contributed by atoms with van der Waals surface area (Å²) in [5.41, 5.74) is 0. The van der Waals surface area contributed by atoms with E-state index in [0.29, 0.717) is 25.5 Å². The van der Waals surface area contributed by atoms with Crippen molar-refractivity contribution in [3.05, 3.63) is 17.9 Å². The van der Waals surface area contributed by atoms with E-state index in [1.807, 2.05) is 6.92 Å². The van der Waals surface area contributed by atoms with Gasteiger partial charge in [0.15, 0.2) is 0 Å². The fourth-order valence-electron chi connectivity index (χ4n) is 1.64. The summed E-state index contributed by atoms with van der Waals surface area (Å²) >= 11 is 0. The lowest BCUT2D eigenvalue weighted by molar-refractivity contribution is 0.133. The number of sulfonamides is 1. The first-order valence-electron chi connectivity index (χ1n) is 6.89. The Morgan fingerprint density at radius 1 is 1.35 bits per heavy atom. The van der Waals surface area contributed by atoms with Gasteiger partial charge in [-0.3, -0.25) is 0 Å². The van der Waals surface area contributed by atoms with E-state index in [0.717, 1.165) is 13.0 Å². The van der Waals surface area contributed by atoms with Crippen molar-refractivity contribution < 1.29 is 17.6 Å². The molecule has 20 heavy (non-hydrogen) atoms. The van der Waals surface area contributed by atoms with Gasteiger partial charge in [-0.15, -0.1) is 0 Å². The quantitative estimate of drug-likeness (QED) is 0.640.